The molecule has 5 heteroatoms. The van der Waals surface area contributed by atoms with E-state index >= 15 is 0 Å². The normalized spacial score (nSPS) is 11.6. The highest BCUT2D eigenvalue weighted by Crippen LogP contribution is 2.25. The number of thioether (sulfide) groups is 1. The first-order valence-electron chi connectivity index (χ1n) is 6.34. The van der Waals surface area contributed by atoms with Gasteiger partial charge in [-0.3, -0.25) is 4.79 Å². The molecule has 20 heavy (non-hydrogen) atoms. The fourth-order valence-corrected chi connectivity index (χ4v) is 3.05. The van der Waals surface area contributed by atoms with Gasteiger partial charge in [0.25, 0.3) is 5.56 Å². The number of aromatic amines is 1. The van der Waals surface area contributed by atoms with Gasteiger partial charge in [-0.25, -0.2) is 4.98 Å². The van der Waals surface area contributed by atoms with Crippen molar-refractivity contribution >= 4 is 27.7 Å². The van der Waals surface area contributed by atoms with E-state index in [0.29, 0.717) is 11.6 Å². The average Bonchev–Trinajstić information content (AvgIpc) is 2.35. The van der Waals surface area contributed by atoms with Crippen molar-refractivity contribution in [2.45, 2.75) is 36.8 Å². The molecule has 1 heterocycles. The standard InChI is InChI=1S/C15H17BrN2OS/c1-15(2,3)12-8-14(19)18-13(17-12)9-20-11-6-4-5-10(16)7-11/h4-8H,9H2,1-3H3,(H,17,18,19). The third-order valence-electron chi connectivity index (χ3n) is 2.73. The quantitative estimate of drug-likeness (QED) is 0.845. The van der Waals surface area contributed by atoms with E-state index in [1.165, 1.54) is 0 Å². The van der Waals surface area contributed by atoms with Crippen LogP contribution in [0.15, 0.2) is 44.5 Å². The summed E-state index contributed by atoms with van der Waals surface area (Å²) in [6.07, 6.45) is 0. The molecule has 0 radical (unpaired) electrons. The van der Waals surface area contributed by atoms with Gasteiger partial charge in [-0.1, -0.05) is 42.8 Å². The van der Waals surface area contributed by atoms with Gasteiger partial charge in [0.15, 0.2) is 0 Å². The van der Waals surface area contributed by atoms with Gasteiger partial charge in [-0.2, -0.15) is 0 Å². The van der Waals surface area contributed by atoms with Gasteiger partial charge in [0, 0.05) is 20.8 Å². The zero-order valence-electron chi connectivity index (χ0n) is 11.7. The lowest BCUT2D eigenvalue weighted by atomic mass is 9.92. The lowest BCUT2D eigenvalue weighted by molar-refractivity contribution is 0.562. The molecule has 2 rings (SSSR count). The summed E-state index contributed by atoms with van der Waals surface area (Å²) in [5, 5.41) is 0. The number of hydrogen-bond donors (Lipinski definition) is 1. The number of nitrogens with one attached hydrogen (secondary N) is 1. The van der Waals surface area contributed by atoms with Gasteiger partial charge in [0.1, 0.15) is 5.82 Å². The monoisotopic (exact) mass is 352 g/mol. The molecule has 0 amide bonds. The van der Waals surface area contributed by atoms with Crippen molar-refractivity contribution in [1.29, 1.82) is 0 Å². The molecule has 0 bridgehead atoms. The van der Waals surface area contributed by atoms with Crippen LogP contribution in [0.5, 0.6) is 0 Å². The summed E-state index contributed by atoms with van der Waals surface area (Å²) in [7, 11) is 0. The van der Waals surface area contributed by atoms with Gasteiger partial charge in [-0.15, -0.1) is 11.8 Å². The van der Waals surface area contributed by atoms with Crippen molar-refractivity contribution in [3.05, 3.63) is 56.7 Å². The van der Waals surface area contributed by atoms with Crippen molar-refractivity contribution in [2.75, 3.05) is 0 Å². The van der Waals surface area contributed by atoms with E-state index in [1.54, 1.807) is 17.8 Å². The topological polar surface area (TPSA) is 45.8 Å². The largest absolute Gasteiger partial charge is 0.310 e. The maximum Gasteiger partial charge on any atom is 0.251 e. The number of aromatic nitrogens is 2. The summed E-state index contributed by atoms with van der Waals surface area (Å²) in [5.41, 5.74) is 0.615. The van der Waals surface area contributed by atoms with E-state index in [2.05, 4.69) is 52.7 Å². The number of benzene rings is 1. The number of hydrogen-bond acceptors (Lipinski definition) is 3. The van der Waals surface area contributed by atoms with Gasteiger partial charge >= 0.3 is 0 Å². The minimum absolute atomic E-state index is 0.0882. The maximum absolute atomic E-state index is 11.7. The fourth-order valence-electron chi connectivity index (χ4n) is 1.67. The number of rotatable bonds is 3. The molecule has 0 unspecified atom stereocenters. The molecule has 0 aliphatic rings. The second kappa shape index (κ2) is 6.14. The lowest BCUT2D eigenvalue weighted by Gasteiger charge is -2.17. The zero-order chi connectivity index (χ0) is 14.8. The van der Waals surface area contributed by atoms with Crippen molar-refractivity contribution in [3.63, 3.8) is 0 Å². The first kappa shape index (κ1) is 15.3. The minimum atomic E-state index is -0.122. The number of nitrogens with zero attached hydrogens (tertiary/aromatic N) is 1. The zero-order valence-corrected chi connectivity index (χ0v) is 14.1. The Morgan fingerprint density at radius 3 is 2.70 bits per heavy atom. The second-order valence-corrected chi connectivity index (χ2v) is 7.54. The molecule has 0 saturated heterocycles. The number of H-pyrrole nitrogens is 1. The summed E-state index contributed by atoms with van der Waals surface area (Å²) in [6.45, 7) is 6.17. The Hall–Kier alpha value is -1.07. The van der Waals surface area contributed by atoms with Gasteiger partial charge in [-0.05, 0) is 18.2 Å². The first-order valence-corrected chi connectivity index (χ1v) is 8.11. The van der Waals surface area contributed by atoms with Crippen molar-refractivity contribution in [3.8, 4) is 0 Å². The Labute approximate surface area is 131 Å². The Morgan fingerprint density at radius 2 is 2.05 bits per heavy atom. The molecular formula is C15H17BrN2OS. The van der Waals surface area contributed by atoms with Crippen LogP contribution in [0.4, 0.5) is 0 Å². The third-order valence-corrected chi connectivity index (χ3v) is 4.23. The summed E-state index contributed by atoms with van der Waals surface area (Å²) < 4.78 is 1.05. The summed E-state index contributed by atoms with van der Waals surface area (Å²) in [6, 6.07) is 9.66. The lowest BCUT2D eigenvalue weighted by Crippen LogP contribution is -2.20. The van der Waals surface area contributed by atoms with Crippen LogP contribution in [0, 0.1) is 0 Å². The van der Waals surface area contributed by atoms with E-state index in [1.807, 2.05) is 18.2 Å². The minimum Gasteiger partial charge on any atom is -0.310 e. The van der Waals surface area contributed by atoms with Crippen LogP contribution in [0.25, 0.3) is 0 Å². The second-order valence-electron chi connectivity index (χ2n) is 5.57. The van der Waals surface area contributed by atoms with E-state index in [4.69, 9.17) is 0 Å². The third kappa shape index (κ3) is 4.21. The Kier molecular flexibility index (Phi) is 4.70. The predicted molar refractivity (Wildman–Crippen MR) is 87.3 cm³/mol. The molecule has 0 aliphatic carbocycles. The molecular weight excluding hydrogens is 336 g/mol. The van der Waals surface area contributed by atoms with Gasteiger partial charge in [0.05, 0.1) is 11.4 Å². The summed E-state index contributed by atoms with van der Waals surface area (Å²) in [4.78, 5) is 20.2. The molecule has 1 N–H and O–H groups in total. The average molecular weight is 353 g/mol. The van der Waals surface area contributed by atoms with Crippen LogP contribution < -0.4 is 5.56 Å². The number of halogens is 1. The van der Waals surface area contributed by atoms with Crippen molar-refractivity contribution in [2.24, 2.45) is 0 Å². The molecule has 0 fully saturated rings. The summed E-state index contributed by atoms with van der Waals surface area (Å²) >= 11 is 5.10. The molecule has 3 nitrogen and oxygen atoms in total. The molecule has 0 aliphatic heterocycles. The molecule has 0 spiro atoms. The predicted octanol–water partition coefficient (Wildman–Crippen LogP) is 4.12. The fraction of sp³-hybridized carbons (Fsp3) is 0.333. The molecule has 106 valence electrons. The van der Waals surface area contributed by atoms with Crippen LogP contribution in [-0.4, -0.2) is 9.97 Å². The Bertz CT molecular complexity index is 661. The van der Waals surface area contributed by atoms with Crippen LogP contribution in [0.2, 0.25) is 0 Å². The highest BCUT2D eigenvalue weighted by molar-refractivity contribution is 9.10. The van der Waals surface area contributed by atoms with E-state index in [-0.39, 0.29) is 11.0 Å². The smallest absolute Gasteiger partial charge is 0.251 e. The van der Waals surface area contributed by atoms with E-state index in [9.17, 15) is 4.79 Å². The van der Waals surface area contributed by atoms with Crippen LogP contribution in [0.3, 0.4) is 0 Å². The van der Waals surface area contributed by atoms with Crippen LogP contribution in [0.1, 0.15) is 32.3 Å². The molecule has 0 atom stereocenters. The summed E-state index contributed by atoms with van der Waals surface area (Å²) in [5.74, 6) is 1.36. The highest BCUT2D eigenvalue weighted by atomic mass is 79.9. The van der Waals surface area contributed by atoms with Crippen LogP contribution >= 0.6 is 27.7 Å². The molecule has 1 aromatic heterocycles. The maximum atomic E-state index is 11.7. The van der Waals surface area contributed by atoms with E-state index in [0.717, 1.165) is 15.1 Å². The van der Waals surface area contributed by atoms with E-state index < -0.39 is 0 Å². The van der Waals surface area contributed by atoms with Crippen molar-refractivity contribution < 1.29 is 0 Å². The first-order chi connectivity index (χ1) is 9.34. The molecule has 0 saturated carbocycles. The molecule has 2 aromatic rings. The highest BCUT2D eigenvalue weighted by Gasteiger charge is 2.17. The van der Waals surface area contributed by atoms with Gasteiger partial charge in [0.2, 0.25) is 0 Å². The van der Waals surface area contributed by atoms with Gasteiger partial charge < -0.3 is 4.98 Å². The molecule has 1 aromatic carbocycles. The van der Waals surface area contributed by atoms with Crippen molar-refractivity contribution in [1.82, 2.24) is 9.97 Å². The SMILES string of the molecule is CC(C)(C)c1cc(=O)[nH]c(CSc2cccc(Br)c2)n1. The Balaban J connectivity index is 2.18. The Morgan fingerprint density at radius 1 is 1.30 bits per heavy atom. The van der Waals surface area contributed by atoms with Crippen LogP contribution in [-0.2, 0) is 11.2 Å².